The Morgan fingerprint density at radius 2 is 2.08 bits per heavy atom. The van der Waals surface area contributed by atoms with Gasteiger partial charge in [0.15, 0.2) is 0 Å². The fourth-order valence-corrected chi connectivity index (χ4v) is 0.512. The SMILES string of the molecule is C.CC(N)(C/C=C/CN)C(=O)O. The van der Waals surface area contributed by atoms with Crippen molar-refractivity contribution < 1.29 is 9.90 Å². The van der Waals surface area contributed by atoms with Crippen molar-refractivity contribution in [3.63, 3.8) is 0 Å². The van der Waals surface area contributed by atoms with Crippen molar-refractivity contribution in [1.82, 2.24) is 0 Å². The van der Waals surface area contributed by atoms with Crippen LogP contribution in [0.2, 0.25) is 0 Å². The maximum Gasteiger partial charge on any atom is 0.323 e. The molecule has 4 heteroatoms. The van der Waals surface area contributed by atoms with E-state index < -0.39 is 11.5 Å². The van der Waals surface area contributed by atoms with Crippen molar-refractivity contribution in [1.29, 1.82) is 0 Å². The van der Waals surface area contributed by atoms with E-state index in [1.165, 1.54) is 6.92 Å². The first-order chi connectivity index (χ1) is 5.00. The molecule has 0 rings (SSSR count). The number of nitrogens with two attached hydrogens (primary N) is 2. The van der Waals surface area contributed by atoms with Crippen molar-refractivity contribution in [3.05, 3.63) is 12.2 Å². The van der Waals surface area contributed by atoms with Crippen LogP contribution in [0.4, 0.5) is 0 Å². The summed E-state index contributed by atoms with van der Waals surface area (Å²) in [6.45, 7) is 1.88. The van der Waals surface area contributed by atoms with E-state index in [2.05, 4.69) is 0 Å². The lowest BCUT2D eigenvalue weighted by atomic mass is 10.00. The van der Waals surface area contributed by atoms with Gasteiger partial charge in [0.2, 0.25) is 0 Å². The lowest BCUT2D eigenvalue weighted by Gasteiger charge is -2.15. The Hall–Kier alpha value is -0.870. The van der Waals surface area contributed by atoms with Gasteiger partial charge < -0.3 is 16.6 Å². The third-order valence-corrected chi connectivity index (χ3v) is 1.33. The normalized spacial score (nSPS) is 15.2. The van der Waals surface area contributed by atoms with Gasteiger partial charge in [-0.3, -0.25) is 4.79 Å². The van der Waals surface area contributed by atoms with Crippen LogP contribution >= 0.6 is 0 Å². The molecular formula is C8H18N2O2. The van der Waals surface area contributed by atoms with Crippen molar-refractivity contribution in [2.45, 2.75) is 26.3 Å². The summed E-state index contributed by atoms with van der Waals surface area (Å²) >= 11 is 0. The number of carboxylic acids is 1. The van der Waals surface area contributed by atoms with E-state index in [1.54, 1.807) is 12.2 Å². The molecule has 5 N–H and O–H groups in total. The van der Waals surface area contributed by atoms with Crippen LogP contribution < -0.4 is 11.5 Å². The Labute approximate surface area is 73.2 Å². The fourth-order valence-electron chi connectivity index (χ4n) is 0.512. The summed E-state index contributed by atoms with van der Waals surface area (Å²) < 4.78 is 0. The van der Waals surface area contributed by atoms with Crippen LogP contribution in [0, 0.1) is 0 Å². The van der Waals surface area contributed by atoms with Gasteiger partial charge >= 0.3 is 5.97 Å². The molecule has 1 unspecified atom stereocenters. The summed E-state index contributed by atoms with van der Waals surface area (Å²) in [6, 6.07) is 0. The van der Waals surface area contributed by atoms with Crippen LogP contribution in [-0.4, -0.2) is 23.2 Å². The second-order valence-electron chi connectivity index (χ2n) is 2.63. The topological polar surface area (TPSA) is 89.3 Å². The maximum absolute atomic E-state index is 10.4. The average Bonchev–Trinajstić information content (AvgIpc) is 1.88. The van der Waals surface area contributed by atoms with Crippen LogP contribution in [-0.2, 0) is 4.79 Å². The van der Waals surface area contributed by atoms with Crippen LogP contribution in [0.3, 0.4) is 0 Å². The standard InChI is InChI=1S/C7H14N2O2.CH4/c1-7(9,6(10)11)4-2-3-5-8;/h2-3H,4-5,8-9H2,1H3,(H,10,11);1H4/b3-2+;. The Morgan fingerprint density at radius 3 is 2.42 bits per heavy atom. The zero-order valence-corrected chi connectivity index (χ0v) is 6.58. The van der Waals surface area contributed by atoms with E-state index in [4.69, 9.17) is 16.6 Å². The van der Waals surface area contributed by atoms with Crippen molar-refractivity contribution in [3.8, 4) is 0 Å². The third-order valence-electron chi connectivity index (χ3n) is 1.33. The number of hydrogen-bond acceptors (Lipinski definition) is 3. The number of rotatable bonds is 4. The first-order valence-corrected chi connectivity index (χ1v) is 3.38. The fraction of sp³-hybridized carbons (Fsp3) is 0.625. The Kier molecular flexibility index (Phi) is 6.55. The molecule has 0 aromatic carbocycles. The van der Waals surface area contributed by atoms with E-state index in [-0.39, 0.29) is 7.43 Å². The minimum absolute atomic E-state index is 0. The van der Waals surface area contributed by atoms with E-state index in [0.717, 1.165) is 0 Å². The van der Waals surface area contributed by atoms with E-state index in [1.807, 2.05) is 0 Å². The molecule has 12 heavy (non-hydrogen) atoms. The molecule has 0 aromatic rings. The van der Waals surface area contributed by atoms with Gasteiger partial charge in [-0.15, -0.1) is 0 Å². The largest absolute Gasteiger partial charge is 0.480 e. The summed E-state index contributed by atoms with van der Waals surface area (Å²) in [7, 11) is 0. The van der Waals surface area contributed by atoms with E-state index in [0.29, 0.717) is 13.0 Å². The van der Waals surface area contributed by atoms with Crippen LogP contribution in [0.5, 0.6) is 0 Å². The first kappa shape index (κ1) is 13.7. The zero-order valence-electron chi connectivity index (χ0n) is 6.58. The van der Waals surface area contributed by atoms with Gasteiger partial charge in [-0.2, -0.15) is 0 Å². The van der Waals surface area contributed by atoms with Gasteiger partial charge in [0.1, 0.15) is 5.54 Å². The van der Waals surface area contributed by atoms with Crippen LogP contribution in [0.15, 0.2) is 12.2 Å². The summed E-state index contributed by atoms with van der Waals surface area (Å²) in [5, 5.41) is 8.55. The van der Waals surface area contributed by atoms with Crippen LogP contribution in [0.1, 0.15) is 20.8 Å². The van der Waals surface area contributed by atoms with E-state index in [9.17, 15) is 4.79 Å². The number of carbonyl (C=O) groups is 1. The minimum atomic E-state index is -1.17. The zero-order chi connectivity index (χ0) is 8.91. The summed E-state index contributed by atoms with van der Waals surface area (Å²) in [5.74, 6) is -1.00. The maximum atomic E-state index is 10.4. The first-order valence-electron chi connectivity index (χ1n) is 3.38. The highest BCUT2D eigenvalue weighted by Gasteiger charge is 2.25. The molecule has 0 aliphatic carbocycles. The highest BCUT2D eigenvalue weighted by molar-refractivity contribution is 5.78. The third kappa shape index (κ3) is 4.87. The Balaban J connectivity index is 0. The average molecular weight is 174 g/mol. The summed E-state index contributed by atoms with van der Waals surface area (Å²) in [6.07, 6.45) is 3.67. The van der Waals surface area contributed by atoms with Crippen LogP contribution in [0.25, 0.3) is 0 Å². The van der Waals surface area contributed by atoms with E-state index >= 15 is 0 Å². The number of hydrogen-bond donors (Lipinski definition) is 3. The highest BCUT2D eigenvalue weighted by Crippen LogP contribution is 2.05. The van der Waals surface area contributed by atoms with Crippen molar-refractivity contribution >= 4 is 5.97 Å². The Bertz CT molecular complexity index is 164. The molecule has 0 saturated carbocycles. The molecule has 0 amide bonds. The van der Waals surface area contributed by atoms with Gasteiger partial charge in [0.25, 0.3) is 0 Å². The molecule has 0 bridgehead atoms. The smallest absolute Gasteiger partial charge is 0.323 e. The lowest BCUT2D eigenvalue weighted by Crippen LogP contribution is -2.44. The molecule has 0 fully saturated rings. The summed E-state index contributed by atoms with van der Waals surface area (Å²) in [5.41, 5.74) is 9.39. The molecule has 1 atom stereocenters. The monoisotopic (exact) mass is 174 g/mol. The quantitative estimate of drug-likeness (QED) is 0.536. The molecule has 0 saturated heterocycles. The number of aliphatic carboxylic acids is 1. The molecular weight excluding hydrogens is 156 g/mol. The molecule has 0 aromatic heterocycles. The van der Waals surface area contributed by atoms with Crippen molar-refractivity contribution in [2.24, 2.45) is 11.5 Å². The molecule has 0 aliphatic heterocycles. The van der Waals surface area contributed by atoms with Gasteiger partial charge in [-0.05, 0) is 13.3 Å². The highest BCUT2D eigenvalue weighted by atomic mass is 16.4. The lowest BCUT2D eigenvalue weighted by molar-refractivity contribution is -0.142. The summed E-state index contributed by atoms with van der Waals surface area (Å²) in [4.78, 5) is 10.4. The predicted octanol–water partition coefficient (Wildman–Crippen LogP) is 0.330. The van der Waals surface area contributed by atoms with Gasteiger partial charge in [0.05, 0.1) is 0 Å². The number of carboxylic acid groups (broad SMARTS) is 1. The van der Waals surface area contributed by atoms with Gasteiger partial charge in [0, 0.05) is 6.54 Å². The second-order valence-corrected chi connectivity index (χ2v) is 2.63. The molecule has 0 radical (unpaired) electrons. The predicted molar refractivity (Wildman–Crippen MR) is 49.8 cm³/mol. The Morgan fingerprint density at radius 1 is 1.58 bits per heavy atom. The van der Waals surface area contributed by atoms with Gasteiger partial charge in [-0.1, -0.05) is 19.6 Å². The molecule has 72 valence electrons. The van der Waals surface area contributed by atoms with Gasteiger partial charge in [-0.25, -0.2) is 0 Å². The molecule has 0 aliphatic rings. The molecule has 0 spiro atoms. The molecule has 4 nitrogen and oxygen atoms in total. The minimum Gasteiger partial charge on any atom is -0.480 e. The molecule has 0 heterocycles. The van der Waals surface area contributed by atoms with Crippen molar-refractivity contribution in [2.75, 3.05) is 6.54 Å². The second kappa shape index (κ2) is 5.74.